The largest absolute Gasteiger partial charge is 0.497 e. The van der Waals surface area contributed by atoms with Gasteiger partial charge in [0.25, 0.3) is 5.91 Å². The summed E-state index contributed by atoms with van der Waals surface area (Å²) in [5.74, 6) is 0.332. The number of aromatic nitrogens is 1. The van der Waals surface area contributed by atoms with E-state index in [1.807, 2.05) is 18.2 Å². The van der Waals surface area contributed by atoms with Gasteiger partial charge in [0, 0.05) is 35.3 Å². The Morgan fingerprint density at radius 2 is 2.21 bits per heavy atom. The summed E-state index contributed by atoms with van der Waals surface area (Å²) in [7, 11) is 1.68. The van der Waals surface area contributed by atoms with Crippen molar-refractivity contribution < 1.29 is 14.7 Å². The van der Waals surface area contributed by atoms with Crippen molar-refractivity contribution in [3.8, 4) is 5.75 Å². The average molecular weight is 391 g/mol. The number of H-pyrrole nitrogens is 1. The highest BCUT2D eigenvalue weighted by Crippen LogP contribution is 2.32. The molecule has 0 bridgehead atoms. The van der Waals surface area contributed by atoms with Crippen molar-refractivity contribution >= 4 is 22.9 Å². The summed E-state index contributed by atoms with van der Waals surface area (Å²) in [5.41, 5.74) is 7.61. The molecule has 6 nitrogen and oxygen atoms in total. The molecule has 1 aliphatic rings. The summed E-state index contributed by atoms with van der Waals surface area (Å²) in [6.07, 6.45) is 8.16. The van der Waals surface area contributed by atoms with E-state index in [1.54, 1.807) is 18.7 Å². The number of ether oxygens (including phenoxy) is 1. The number of hydroxylamine groups is 1. The molecule has 4 N–H and O–H groups in total. The fraction of sp³-hybridized carbons (Fsp3) is 0.261. The summed E-state index contributed by atoms with van der Waals surface area (Å²) in [5, 5.41) is 13.5. The van der Waals surface area contributed by atoms with Crippen LogP contribution in [0.1, 0.15) is 34.7 Å². The van der Waals surface area contributed by atoms with Gasteiger partial charge in [-0.05, 0) is 66.3 Å². The molecule has 4 rings (SSSR count). The van der Waals surface area contributed by atoms with Gasteiger partial charge in [-0.2, -0.15) is 0 Å². The first-order chi connectivity index (χ1) is 14.2. The Kier molecular flexibility index (Phi) is 5.64. The molecule has 0 radical (unpaired) electrons. The molecule has 0 saturated carbocycles. The summed E-state index contributed by atoms with van der Waals surface area (Å²) < 4.78 is 5.29. The molecule has 1 amide bonds. The lowest BCUT2D eigenvalue weighted by molar-refractivity contribution is -0.124. The second-order valence-electron chi connectivity index (χ2n) is 7.29. The van der Waals surface area contributed by atoms with Crippen LogP contribution in [0.2, 0.25) is 0 Å². The van der Waals surface area contributed by atoms with Crippen LogP contribution in [0.3, 0.4) is 0 Å². The lowest BCUT2D eigenvalue weighted by atomic mass is 10.0. The zero-order chi connectivity index (χ0) is 20.2. The molecule has 2 aromatic carbocycles. The van der Waals surface area contributed by atoms with E-state index in [2.05, 4.69) is 34.7 Å². The molecule has 1 atom stereocenters. The number of amides is 1. The van der Waals surface area contributed by atoms with Crippen LogP contribution >= 0.6 is 0 Å². The molecule has 29 heavy (non-hydrogen) atoms. The highest BCUT2D eigenvalue weighted by Gasteiger charge is 2.21. The van der Waals surface area contributed by atoms with Gasteiger partial charge in [0.2, 0.25) is 0 Å². The van der Waals surface area contributed by atoms with Crippen LogP contribution in [0, 0.1) is 0 Å². The van der Waals surface area contributed by atoms with Crippen LogP contribution in [0.25, 0.3) is 17.0 Å². The number of benzene rings is 2. The number of aromatic amines is 1. The van der Waals surface area contributed by atoms with Gasteiger partial charge >= 0.3 is 0 Å². The van der Waals surface area contributed by atoms with E-state index in [9.17, 15) is 4.79 Å². The number of aryl methyl sites for hydroxylation is 1. The molecular formula is C23H25N3O3. The van der Waals surface area contributed by atoms with Crippen molar-refractivity contribution in [2.45, 2.75) is 25.3 Å². The summed E-state index contributed by atoms with van der Waals surface area (Å²) in [4.78, 5) is 14.5. The van der Waals surface area contributed by atoms with Gasteiger partial charge in [0.15, 0.2) is 0 Å². The SMILES string of the molecule is COc1ccc2c(CCN[C@H]3CCc4cc(/C=C/C(=O)NO)ccc43)c[nH]c2c1. The average Bonchev–Trinajstić information content (AvgIpc) is 3.35. The van der Waals surface area contributed by atoms with Gasteiger partial charge in [-0.15, -0.1) is 0 Å². The van der Waals surface area contributed by atoms with E-state index in [1.165, 1.54) is 28.2 Å². The third kappa shape index (κ3) is 4.18. The second-order valence-corrected chi connectivity index (χ2v) is 7.29. The fourth-order valence-corrected chi connectivity index (χ4v) is 4.04. The Morgan fingerprint density at radius 1 is 1.31 bits per heavy atom. The number of hydrogen-bond acceptors (Lipinski definition) is 4. The number of nitrogens with one attached hydrogen (secondary N) is 3. The molecule has 0 unspecified atom stereocenters. The van der Waals surface area contributed by atoms with E-state index in [0.717, 1.165) is 42.6 Å². The van der Waals surface area contributed by atoms with Crippen LogP contribution < -0.4 is 15.5 Å². The van der Waals surface area contributed by atoms with Crippen molar-refractivity contribution in [3.63, 3.8) is 0 Å². The summed E-state index contributed by atoms with van der Waals surface area (Å²) in [6, 6.07) is 12.7. The molecule has 0 spiro atoms. The number of methoxy groups -OCH3 is 1. The van der Waals surface area contributed by atoms with Crippen LogP contribution in [0.15, 0.2) is 48.7 Å². The number of hydrogen-bond donors (Lipinski definition) is 4. The van der Waals surface area contributed by atoms with E-state index in [0.29, 0.717) is 6.04 Å². The first kappa shape index (κ1) is 19.2. The van der Waals surface area contributed by atoms with Crippen LogP contribution in [0.4, 0.5) is 0 Å². The third-order valence-electron chi connectivity index (χ3n) is 5.54. The van der Waals surface area contributed by atoms with Crippen molar-refractivity contribution in [2.75, 3.05) is 13.7 Å². The minimum Gasteiger partial charge on any atom is -0.497 e. The van der Waals surface area contributed by atoms with E-state index in [4.69, 9.17) is 9.94 Å². The second kappa shape index (κ2) is 8.51. The predicted octanol–water partition coefficient (Wildman–Crippen LogP) is 3.51. The quantitative estimate of drug-likeness (QED) is 0.282. The Labute approximate surface area is 169 Å². The first-order valence-electron chi connectivity index (χ1n) is 9.80. The number of rotatable bonds is 7. The van der Waals surface area contributed by atoms with Crippen LogP contribution in [-0.2, 0) is 17.6 Å². The molecule has 1 aromatic heterocycles. The molecule has 1 aliphatic carbocycles. The van der Waals surface area contributed by atoms with Gasteiger partial charge in [-0.25, -0.2) is 5.48 Å². The lowest BCUT2D eigenvalue weighted by Crippen LogP contribution is -2.21. The number of fused-ring (bicyclic) bond motifs is 2. The molecule has 0 aliphatic heterocycles. The molecular weight excluding hydrogens is 366 g/mol. The number of carbonyl (C=O) groups is 1. The number of carbonyl (C=O) groups excluding carboxylic acids is 1. The maximum absolute atomic E-state index is 11.1. The van der Waals surface area contributed by atoms with Crippen LogP contribution in [0.5, 0.6) is 5.75 Å². The molecule has 0 fully saturated rings. The normalized spacial score (nSPS) is 15.7. The zero-order valence-corrected chi connectivity index (χ0v) is 16.4. The fourth-order valence-electron chi connectivity index (χ4n) is 4.04. The molecule has 150 valence electrons. The van der Waals surface area contributed by atoms with Gasteiger partial charge in [0.1, 0.15) is 5.75 Å². The minimum absolute atomic E-state index is 0.356. The summed E-state index contributed by atoms with van der Waals surface area (Å²) >= 11 is 0. The third-order valence-corrected chi connectivity index (χ3v) is 5.54. The maximum Gasteiger partial charge on any atom is 0.267 e. The zero-order valence-electron chi connectivity index (χ0n) is 16.4. The Hall–Kier alpha value is -3.09. The van der Waals surface area contributed by atoms with E-state index in [-0.39, 0.29) is 0 Å². The Bertz CT molecular complexity index is 1050. The molecule has 0 saturated heterocycles. The smallest absolute Gasteiger partial charge is 0.267 e. The maximum atomic E-state index is 11.1. The van der Waals surface area contributed by atoms with Gasteiger partial charge in [-0.1, -0.05) is 18.2 Å². The Balaban J connectivity index is 1.37. The van der Waals surface area contributed by atoms with Gasteiger partial charge < -0.3 is 15.0 Å². The van der Waals surface area contributed by atoms with Crippen molar-refractivity contribution in [1.29, 1.82) is 0 Å². The van der Waals surface area contributed by atoms with E-state index < -0.39 is 5.91 Å². The molecule has 3 aromatic rings. The monoisotopic (exact) mass is 391 g/mol. The standard InChI is InChI=1S/C23H25N3O3/c1-29-18-5-7-20-17(14-25-22(20)13-18)10-11-24-21-8-4-16-12-15(2-6-19(16)21)3-9-23(27)26-28/h2-3,5-7,9,12-14,21,24-25,28H,4,8,10-11H2,1H3,(H,26,27)/b9-3+/t21-/m0/s1. The lowest BCUT2D eigenvalue weighted by Gasteiger charge is -2.14. The molecule has 1 heterocycles. The molecule has 6 heteroatoms. The van der Waals surface area contributed by atoms with Gasteiger partial charge in [-0.3, -0.25) is 10.0 Å². The minimum atomic E-state index is -0.527. The predicted molar refractivity (Wildman–Crippen MR) is 113 cm³/mol. The topological polar surface area (TPSA) is 86.4 Å². The van der Waals surface area contributed by atoms with E-state index >= 15 is 0 Å². The van der Waals surface area contributed by atoms with Crippen molar-refractivity contribution in [2.24, 2.45) is 0 Å². The van der Waals surface area contributed by atoms with Crippen LogP contribution in [-0.4, -0.2) is 29.8 Å². The summed E-state index contributed by atoms with van der Waals surface area (Å²) in [6.45, 7) is 0.904. The van der Waals surface area contributed by atoms with Crippen molar-refractivity contribution in [3.05, 3.63) is 70.9 Å². The highest BCUT2D eigenvalue weighted by atomic mass is 16.5. The van der Waals surface area contributed by atoms with Crippen molar-refractivity contribution in [1.82, 2.24) is 15.8 Å². The first-order valence-corrected chi connectivity index (χ1v) is 9.80. The Morgan fingerprint density at radius 3 is 3.03 bits per heavy atom. The highest BCUT2D eigenvalue weighted by molar-refractivity contribution is 5.90. The van der Waals surface area contributed by atoms with Gasteiger partial charge in [0.05, 0.1) is 7.11 Å².